The van der Waals surface area contributed by atoms with Crippen molar-refractivity contribution in [1.82, 2.24) is 19.9 Å². The van der Waals surface area contributed by atoms with E-state index in [2.05, 4.69) is 20.3 Å². The first-order valence-corrected chi connectivity index (χ1v) is 8.32. The van der Waals surface area contributed by atoms with E-state index in [1.54, 1.807) is 29.4 Å². The number of nitrogens with one attached hydrogen (secondary N) is 1. The molecule has 3 aromatic heterocycles. The van der Waals surface area contributed by atoms with E-state index in [-0.39, 0.29) is 23.4 Å². The monoisotopic (exact) mass is 368 g/mol. The summed E-state index contributed by atoms with van der Waals surface area (Å²) in [7, 11) is 0. The van der Waals surface area contributed by atoms with Crippen molar-refractivity contribution < 1.29 is 18.4 Å². The lowest BCUT2D eigenvalue weighted by molar-refractivity contribution is 0.0740. The Hall–Kier alpha value is -3.69. The molecule has 3 aromatic rings. The SMILES string of the molecule is O=C(Nc1nc(C(=O)N2CCN(c3ncccn3)CC2)co1)c1ccco1. The van der Waals surface area contributed by atoms with Crippen LogP contribution in [0.3, 0.4) is 0 Å². The summed E-state index contributed by atoms with van der Waals surface area (Å²) in [5.74, 6) is 0.0116. The molecule has 0 unspecified atom stereocenters. The lowest BCUT2D eigenvalue weighted by atomic mass is 10.3. The van der Waals surface area contributed by atoms with Crippen molar-refractivity contribution >= 4 is 23.8 Å². The van der Waals surface area contributed by atoms with Crippen LogP contribution in [-0.4, -0.2) is 57.8 Å². The van der Waals surface area contributed by atoms with E-state index >= 15 is 0 Å². The van der Waals surface area contributed by atoms with Crippen LogP contribution in [0.5, 0.6) is 0 Å². The van der Waals surface area contributed by atoms with Gasteiger partial charge in [0.2, 0.25) is 5.95 Å². The molecule has 1 saturated heterocycles. The molecule has 0 radical (unpaired) electrons. The normalized spacial score (nSPS) is 14.2. The van der Waals surface area contributed by atoms with Crippen LogP contribution in [0.15, 0.2) is 52.0 Å². The van der Waals surface area contributed by atoms with Crippen LogP contribution in [-0.2, 0) is 0 Å². The molecule has 0 atom stereocenters. The average molecular weight is 368 g/mol. The predicted molar refractivity (Wildman–Crippen MR) is 93.3 cm³/mol. The van der Waals surface area contributed by atoms with Gasteiger partial charge in [0.05, 0.1) is 6.26 Å². The van der Waals surface area contributed by atoms with Gasteiger partial charge < -0.3 is 18.6 Å². The second kappa shape index (κ2) is 7.28. The van der Waals surface area contributed by atoms with Crippen LogP contribution in [0, 0.1) is 0 Å². The maximum absolute atomic E-state index is 12.6. The number of nitrogens with zero attached hydrogens (tertiary/aromatic N) is 5. The van der Waals surface area contributed by atoms with Gasteiger partial charge in [-0.1, -0.05) is 0 Å². The molecule has 1 N–H and O–H groups in total. The molecule has 1 fully saturated rings. The molecule has 4 rings (SSSR count). The first-order chi connectivity index (χ1) is 13.2. The summed E-state index contributed by atoms with van der Waals surface area (Å²) in [6.45, 7) is 2.27. The molecule has 10 nitrogen and oxygen atoms in total. The van der Waals surface area contributed by atoms with Crippen molar-refractivity contribution in [1.29, 1.82) is 0 Å². The summed E-state index contributed by atoms with van der Waals surface area (Å²) in [6.07, 6.45) is 5.99. The number of oxazole rings is 1. The predicted octanol–water partition coefficient (Wildman–Crippen LogP) is 1.27. The third-order valence-corrected chi connectivity index (χ3v) is 4.09. The van der Waals surface area contributed by atoms with E-state index in [1.807, 2.05) is 4.90 Å². The van der Waals surface area contributed by atoms with Gasteiger partial charge in [0.15, 0.2) is 11.5 Å². The van der Waals surface area contributed by atoms with E-state index in [4.69, 9.17) is 8.83 Å². The molecule has 0 aliphatic carbocycles. The van der Waals surface area contributed by atoms with Crippen LogP contribution < -0.4 is 10.2 Å². The zero-order chi connectivity index (χ0) is 18.6. The number of anilines is 2. The lowest BCUT2D eigenvalue weighted by Gasteiger charge is -2.34. The van der Waals surface area contributed by atoms with E-state index in [0.717, 1.165) is 0 Å². The Morgan fingerprint density at radius 3 is 2.52 bits per heavy atom. The smallest absolute Gasteiger partial charge is 0.302 e. The van der Waals surface area contributed by atoms with Gasteiger partial charge in [0.1, 0.15) is 6.26 Å². The van der Waals surface area contributed by atoms with Crippen molar-refractivity contribution in [2.45, 2.75) is 0 Å². The van der Waals surface area contributed by atoms with Crippen LogP contribution in [0.1, 0.15) is 21.0 Å². The summed E-state index contributed by atoms with van der Waals surface area (Å²) in [5, 5.41) is 2.45. The van der Waals surface area contributed by atoms with Gasteiger partial charge >= 0.3 is 6.01 Å². The molecule has 10 heteroatoms. The largest absolute Gasteiger partial charge is 0.459 e. The molecular formula is C17H16N6O4. The number of hydrogen-bond acceptors (Lipinski definition) is 8. The van der Waals surface area contributed by atoms with Crippen molar-refractivity contribution in [2.24, 2.45) is 0 Å². The Bertz CT molecular complexity index is 916. The number of hydrogen-bond donors (Lipinski definition) is 1. The third-order valence-electron chi connectivity index (χ3n) is 4.09. The van der Waals surface area contributed by atoms with E-state index < -0.39 is 5.91 Å². The maximum atomic E-state index is 12.6. The van der Waals surface area contributed by atoms with Gasteiger partial charge in [-0.15, -0.1) is 0 Å². The summed E-state index contributed by atoms with van der Waals surface area (Å²) < 4.78 is 10.2. The van der Waals surface area contributed by atoms with Crippen molar-refractivity contribution in [3.63, 3.8) is 0 Å². The highest BCUT2D eigenvalue weighted by Crippen LogP contribution is 2.15. The fourth-order valence-corrected chi connectivity index (χ4v) is 2.72. The minimum absolute atomic E-state index is 0.0592. The Balaban J connectivity index is 1.35. The number of piperazine rings is 1. The summed E-state index contributed by atoms with van der Waals surface area (Å²) in [5.41, 5.74) is 0.133. The highest BCUT2D eigenvalue weighted by atomic mass is 16.4. The summed E-state index contributed by atoms with van der Waals surface area (Å²) in [6, 6.07) is 4.81. The highest BCUT2D eigenvalue weighted by Gasteiger charge is 2.25. The number of carbonyl (C=O) groups excluding carboxylic acids is 2. The third kappa shape index (κ3) is 3.64. The zero-order valence-electron chi connectivity index (χ0n) is 14.2. The Morgan fingerprint density at radius 2 is 1.81 bits per heavy atom. The fraction of sp³-hybridized carbons (Fsp3) is 0.235. The lowest BCUT2D eigenvalue weighted by Crippen LogP contribution is -2.49. The molecule has 1 aliphatic heterocycles. The number of rotatable bonds is 4. The van der Waals surface area contributed by atoms with Crippen LogP contribution in [0.2, 0.25) is 0 Å². The van der Waals surface area contributed by atoms with Gasteiger partial charge in [0.25, 0.3) is 11.8 Å². The van der Waals surface area contributed by atoms with Crippen molar-refractivity contribution in [2.75, 3.05) is 36.4 Å². The van der Waals surface area contributed by atoms with E-state index in [9.17, 15) is 9.59 Å². The molecule has 0 saturated carbocycles. The second-order valence-corrected chi connectivity index (χ2v) is 5.80. The van der Waals surface area contributed by atoms with Gasteiger partial charge in [-0.3, -0.25) is 14.9 Å². The highest BCUT2D eigenvalue weighted by molar-refractivity contribution is 6.01. The van der Waals surface area contributed by atoms with Crippen LogP contribution in [0.25, 0.3) is 0 Å². The molecule has 4 heterocycles. The number of furan rings is 1. The second-order valence-electron chi connectivity index (χ2n) is 5.80. The van der Waals surface area contributed by atoms with Gasteiger partial charge in [-0.2, -0.15) is 4.98 Å². The quantitative estimate of drug-likeness (QED) is 0.731. The zero-order valence-corrected chi connectivity index (χ0v) is 14.2. The molecule has 1 aliphatic rings. The number of amides is 2. The average Bonchev–Trinajstić information content (AvgIpc) is 3.40. The number of aromatic nitrogens is 3. The Labute approximate surface area is 153 Å². The van der Waals surface area contributed by atoms with Gasteiger partial charge in [0, 0.05) is 38.6 Å². The van der Waals surface area contributed by atoms with Crippen LogP contribution >= 0.6 is 0 Å². The van der Waals surface area contributed by atoms with Gasteiger partial charge in [-0.05, 0) is 18.2 Å². The van der Waals surface area contributed by atoms with E-state index in [0.29, 0.717) is 32.1 Å². The Kier molecular flexibility index (Phi) is 4.52. The van der Waals surface area contributed by atoms with Gasteiger partial charge in [-0.25, -0.2) is 9.97 Å². The fourth-order valence-electron chi connectivity index (χ4n) is 2.72. The molecule has 0 bridgehead atoms. The molecule has 138 valence electrons. The topological polar surface area (TPSA) is 118 Å². The standard InChI is InChI=1S/C17H16N6O4/c24-14(13-3-1-10-26-13)21-17-20-12(11-27-17)15(25)22-6-8-23(9-7-22)16-18-4-2-5-19-16/h1-5,10-11H,6-9H2,(H,20,21,24). The van der Waals surface area contributed by atoms with Crippen molar-refractivity contribution in [3.8, 4) is 0 Å². The van der Waals surface area contributed by atoms with Crippen molar-refractivity contribution in [3.05, 3.63) is 54.6 Å². The minimum atomic E-state index is -0.502. The first kappa shape index (κ1) is 16.8. The molecule has 0 aromatic carbocycles. The molecule has 0 spiro atoms. The van der Waals surface area contributed by atoms with Crippen LogP contribution in [0.4, 0.5) is 12.0 Å². The number of carbonyl (C=O) groups is 2. The molecule has 27 heavy (non-hydrogen) atoms. The summed E-state index contributed by atoms with van der Waals surface area (Å²) in [4.78, 5) is 40.7. The Morgan fingerprint density at radius 1 is 1.04 bits per heavy atom. The first-order valence-electron chi connectivity index (χ1n) is 8.32. The minimum Gasteiger partial charge on any atom is -0.459 e. The maximum Gasteiger partial charge on any atom is 0.302 e. The molecule has 2 amide bonds. The van der Waals surface area contributed by atoms with E-state index in [1.165, 1.54) is 18.6 Å². The summed E-state index contributed by atoms with van der Waals surface area (Å²) >= 11 is 0. The molecular weight excluding hydrogens is 352 g/mol.